The van der Waals surface area contributed by atoms with Crippen molar-refractivity contribution in [3.8, 4) is 0 Å². The van der Waals surface area contributed by atoms with Crippen molar-refractivity contribution in [1.82, 2.24) is 15.1 Å². The Morgan fingerprint density at radius 1 is 1.29 bits per heavy atom. The Kier molecular flexibility index (Phi) is 8.52. The molecule has 0 saturated heterocycles. The Hall–Kier alpha value is -0.390. The summed E-state index contributed by atoms with van der Waals surface area (Å²) in [5.41, 5.74) is 2.42. The third-order valence-corrected chi connectivity index (χ3v) is 4.81. The summed E-state index contributed by atoms with van der Waals surface area (Å²) in [6.07, 6.45) is 4.34. The fourth-order valence-corrected chi connectivity index (χ4v) is 3.51. The van der Waals surface area contributed by atoms with E-state index in [1.165, 1.54) is 10.2 Å². The standard InChI is InChI=1S/C16H30BrN3O/c1-6-10-15(21-5)13(18-8-3)11-14-16(17)12(7-2)19-20(14)9-4/h13,15,18H,6-11H2,1-5H3. The third-order valence-electron chi connectivity index (χ3n) is 3.90. The van der Waals surface area contributed by atoms with Crippen molar-refractivity contribution in [2.75, 3.05) is 13.7 Å². The number of likely N-dealkylation sites (N-methyl/N-ethyl adjacent to an activating group) is 1. The van der Waals surface area contributed by atoms with E-state index in [2.05, 4.69) is 53.6 Å². The van der Waals surface area contributed by atoms with Gasteiger partial charge in [-0.15, -0.1) is 0 Å². The second kappa shape index (κ2) is 9.59. The number of aromatic nitrogens is 2. The highest BCUT2D eigenvalue weighted by molar-refractivity contribution is 9.10. The van der Waals surface area contributed by atoms with E-state index in [1.807, 2.05) is 7.11 Å². The maximum Gasteiger partial charge on any atom is 0.0766 e. The Balaban J connectivity index is 2.99. The van der Waals surface area contributed by atoms with Crippen LogP contribution in [0.2, 0.25) is 0 Å². The van der Waals surface area contributed by atoms with Crippen molar-refractivity contribution < 1.29 is 4.74 Å². The normalized spacial score (nSPS) is 14.4. The molecular formula is C16H30BrN3O. The summed E-state index contributed by atoms with van der Waals surface area (Å²) in [5.74, 6) is 0. The first-order valence-electron chi connectivity index (χ1n) is 8.12. The number of methoxy groups -OCH3 is 1. The summed E-state index contributed by atoms with van der Waals surface area (Å²) >= 11 is 3.74. The SMILES string of the molecule is CCCC(OC)C(Cc1c(Br)c(CC)nn1CC)NCC. The zero-order chi connectivity index (χ0) is 15.8. The van der Waals surface area contributed by atoms with Gasteiger partial charge in [0.1, 0.15) is 0 Å². The lowest BCUT2D eigenvalue weighted by molar-refractivity contribution is 0.0607. The van der Waals surface area contributed by atoms with E-state index in [1.54, 1.807) is 0 Å². The summed E-state index contributed by atoms with van der Waals surface area (Å²) in [4.78, 5) is 0. The molecule has 0 aliphatic carbocycles. The molecule has 5 heteroatoms. The Labute approximate surface area is 137 Å². The summed E-state index contributed by atoms with van der Waals surface area (Å²) in [6, 6.07) is 0.322. The van der Waals surface area contributed by atoms with Gasteiger partial charge in [-0.3, -0.25) is 4.68 Å². The number of hydrogen-bond donors (Lipinski definition) is 1. The van der Waals surface area contributed by atoms with Crippen LogP contribution in [0.3, 0.4) is 0 Å². The van der Waals surface area contributed by atoms with Gasteiger partial charge in [0, 0.05) is 26.1 Å². The van der Waals surface area contributed by atoms with E-state index in [4.69, 9.17) is 9.84 Å². The number of rotatable bonds is 10. The predicted molar refractivity (Wildman–Crippen MR) is 91.9 cm³/mol. The van der Waals surface area contributed by atoms with Crippen molar-refractivity contribution in [3.05, 3.63) is 15.9 Å². The van der Waals surface area contributed by atoms with E-state index in [-0.39, 0.29) is 6.10 Å². The highest BCUT2D eigenvalue weighted by Gasteiger charge is 2.24. The summed E-state index contributed by atoms with van der Waals surface area (Å²) in [7, 11) is 1.81. The van der Waals surface area contributed by atoms with Crippen LogP contribution in [-0.2, 0) is 24.1 Å². The molecular weight excluding hydrogens is 330 g/mol. The topological polar surface area (TPSA) is 39.1 Å². The first-order chi connectivity index (χ1) is 10.1. The molecule has 0 amide bonds. The first kappa shape index (κ1) is 18.7. The van der Waals surface area contributed by atoms with Crippen LogP contribution >= 0.6 is 15.9 Å². The lowest BCUT2D eigenvalue weighted by Gasteiger charge is -2.27. The molecule has 1 rings (SSSR count). The van der Waals surface area contributed by atoms with E-state index >= 15 is 0 Å². The summed E-state index contributed by atoms with van der Waals surface area (Å²) < 4.78 is 9.00. The molecule has 0 saturated carbocycles. The molecule has 1 heterocycles. The average molecular weight is 360 g/mol. The van der Waals surface area contributed by atoms with Crippen LogP contribution in [0.4, 0.5) is 0 Å². The van der Waals surface area contributed by atoms with Crippen molar-refractivity contribution in [3.63, 3.8) is 0 Å². The lowest BCUT2D eigenvalue weighted by atomic mass is 10.0. The number of nitrogens with one attached hydrogen (secondary N) is 1. The van der Waals surface area contributed by atoms with Gasteiger partial charge in [-0.2, -0.15) is 5.10 Å². The van der Waals surface area contributed by atoms with Crippen molar-refractivity contribution >= 4 is 15.9 Å². The van der Waals surface area contributed by atoms with Crippen LogP contribution in [-0.4, -0.2) is 35.6 Å². The van der Waals surface area contributed by atoms with E-state index in [0.717, 1.165) is 44.5 Å². The smallest absolute Gasteiger partial charge is 0.0766 e. The zero-order valence-corrected chi connectivity index (χ0v) is 15.7. The average Bonchev–Trinajstić information content (AvgIpc) is 2.80. The maximum atomic E-state index is 5.72. The molecule has 21 heavy (non-hydrogen) atoms. The highest BCUT2D eigenvalue weighted by Crippen LogP contribution is 2.25. The van der Waals surface area contributed by atoms with Gasteiger partial charge in [0.15, 0.2) is 0 Å². The molecule has 0 bridgehead atoms. The van der Waals surface area contributed by atoms with E-state index in [9.17, 15) is 0 Å². The Morgan fingerprint density at radius 2 is 2.00 bits per heavy atom. The monoisotopic (exact) mass is 359 g/mol. The molecule has 1 aromatic rings. The highest BCUT2D eigenvalue weighted by atomic mass is 79.9. The van der Waals surface area contributed by atoms with Gasteiger partial charge >= 0.3 is 0 Å². The molecule has 122 valence electrons. The minimum atomic E-state index is 0.243. The molecule has 2 atom stereocenters. The van der Waals surface area contributed by atoms with Gasteiger partial charge in [-0.05, 0) is 42.2 Å². The quantitative estimate of drug-likeness (QED) is 0.693. The fourth-order valence-electron chi connectivity index (χ4n) is 2.79. The number of aryl methyl sites for hydroxylation is 2. The van der Waals surface area contributed by atoms with Crippen molar-refractivity contribution in [2.45, 2.75) is 72.1 Å². The largest absolute Gasteiger partial charge is 0.380 e. The molecule has 4 nitrogen and oxygen atoms in total. The molecule has 0 spiro atoms. The fraction of sp³-hybridized carbons (Fsp3) is 0.812. The first-order valence-corrected chi connectivity index (χ1v) is 8.92. The molecule has 0 aromatic carbocycles. The third kappa shape index (κ3) is 4.80. The van der Waals surface area contributed by atoms with E-state index in [0.29, 0.717) is 6.04 Å². The van der Waals surface area contributed by atoms with Crippen LogP contribution in [0.5, 0.6) is 0 Å². The van der Waals surface area contributed by atoms with Gasteiger partial charge in [-0.25, -0.2) is 0 Å². The van der Waals surface area contributed by atoms with Gasteiger partial charge < -0.3 is 10.1 Å². The van der Waals surface area contributed by atoms with Crippen LogP contribution in [0.15, 0.2) is 4.47 Å². The van der Waals surface area contributed by atoms with Crippen LogP contribution < -0.4 is 5.32 Å². The minimum Gasteiger partial charge on any atom is -0.380 e. The molecule has 1 aromatic heterocycles. The number of hydrogen-bond acceptors (Lipinski definition) is 3. The number of halogens is 1. The van der Waals surface area contributed by atoms with Crippen LogP contribution in [0, 0.1) is 0 Å². The minimum absolute atomic E-state index is 0.243. The van der Waals surface area contributed by atoms with Crippen LogP contribution in [0.25, 0.3) is 0 Å². The second-order valence-electron chi connectivity index (χ2n) is 5.31. The summed E-state index contributed by atoms with van der Waals surface area (Å²) in [6.45, 7) is 10.5. The zero-order valence-electron chi connectivity index (χ0n) is 14.1. The Bertz CT molecular complexity index is 420. The molecule has 2 unspecified atom stereocenters. The number of nitrogens with zero attached hydrogens (tertiary/aromatic N) is 2. The molecule has 0 fully saturated rings. The van der Waals surface area contributed by atoms with Gasteiger partial charge in [-0.1, -0.05) is 27.2 Å². The van der Waals surface area contributed by atoms with Crippen molar-refractivity contribution in [2.24, 2.45) is 0 Å². The molecule has 1 N–H and O–H groups in total. The second-order valence-corrected chi connectivity index (χ2v) is 6.10. The van der Waals surface area contributed by atoms with E-state index < -0.39 is 0 Å². The molecule has 0 aliphatic heterocycles. The van der Waals surface area contributed by atoms with Crippen molar-refractivity contribution in [1.29, 1.82) is 0 Å². The van der Waals surface area contributed by atoms with Gasteiger partial charge in [0.25, 0.3) is 0 Å². The lowest BCUT2D eigenvalue weighted by Crippen LogP contribution is -2.43. The molecule has 0 radical (unpaired) electrons. The predicted octanol–water partition coefficient (Wildman–Crippen LogP) is 3.56. The van der Waals surface area contributed by atoms with Gasteiger partial charge in [0.2, 0.25) is 0 Å². The summed E-state index contributed by atoms with van der Waals surface area (Å²) in [5, 5.41) is 8.28. The number of ether oxygens (including phenoxy) is 1. The molecule has 0 aliphatic rings. The maximum absolute atomic E-state index is 5.72. The van der Waals surface area contributed by atoms with Gasteiger partial charge in [0.05, 0.1) is 22.0 Å². The van der Waals surface area contributed by atoms with Crippen LogP contribution in [0.1, 0.15) is 51.9 Å². The Morgan fingerprint density at radius 3 is 2.48 bits per heavy atom.